The molecule has 3 aromatic rings. The predicted molar refractivity (Wildman–Crippen MR) is 101 cm³/mol. The van der Waals surface area contributed by atoms with Gasteiger partial charge in [-0.25, -0.2) is 0 Å². The van der Waals surface area contributed by atoms with Crippen molar-refractivity contribution in [2.45, 2.75) is 26.3 Å². The topological polar surface area (TPSA) is 59.2 Å². The van der Waals surface area contributed by atoms with Gasteiger partial charge in [-0.05, 0) is 24.6 Å². The number of aryl methyl sites for hydroxylation is 1. The van der Waals surface area contributed by atoms with Crippen LogP contribution in [-0.4, -0.2) is 27.5 Å². The SMILES string of the molecule is CCN(Cc1ccccc1)C(=O)CCc1nnc(-c2ccccc2Cl)o1. The van der Waals surface area contributed by atoms with Crippen molar-refractivity contribution in [2.24, 2.45) is 0 Å². The Morgan fingerprint density at radius 3 is 2.54 bits per heavy atom. The highest BCUT2D eigenvalue weighted by molar-refractivity contribution is 6.33. The summed E-state index contributed by atoms with van der Waals surface area (Å²) in [4.78, 5) is 14.3. The van der Waals surface area contributed by atoms with Crippen molar-refractivity contribution in [2.75, 3.05) is 6.54 Å². The van der Waals surface area contributed by atoms with E-state index in [1.165, 1.54) is 0 Å². The second-order valence-electron chi connectivity index (χ2n) is 5.87. The molecule has 134 valence electrons. The van der Waals surface area contributed by atoms with Crippen molar-refractivity contribution < 1.29 is 9.21 Å². The van der Waals surface area contributed by atoms with E-state index in [0.29, 0.717) is 48.3 Å². The highest BCUT2D eigenvalue weighted by atomic mass is 35.5. The summed E-state index contributed by atoms with van der Waals surface area (Å²) in [6, 6.07) is 17.2. The van der Waals surface area contributed by atoms with Gasteiger partial charge in [0.1, 0.15) is 0 Å². The maximum atomic E-state index is 12.5. The van der Waals surface area contributed by atoms with Crippen LogP contribution in [-0.2, 0) is 17.8 Å². The van der Waals surface area contributed by atoms with Crippen LogP contribution in [0.3, 0.4) is 0 Å². The van der Waals surface area contributed by atoms with Crippen LogP contribution in [0.15, 0.2) is 59.0 Å². The molecule has 6 heteroatoms. The predicted octanol–water partition coefficient (Wildman–Crippen LogP) is 4.37. The van der Waals surface area contributed by atoms with E-state index in [1.54, 1.807) is 6.07 Å². The lowest BCUT2D eigenvalue weighted by atomic mass is 10.2. The highest BCUT2D eigenvalue weighted by Gasteiger charge is 2.16. The first-order valence-electron chi connectivity index (χ1n) is 8.56. The second-order valence-corrected chi connectivity index (χ2v) is 6.28. The summed E-state index contributed by atoms with van der Waals surface area (Å²) in [6.45, 7) is 3.23. The Kier molecular flexibility index (Phi) is 6.02. The molecule has 5 nitrogen and oxygen atoms in total. The van der Waals surface area contributed by atoms with E-state index in [1.807, 2.05) is 60.4 Å². The van der Waals surface area contributed by atoms with Crippen molar-refractivity contribution in [3.63, 3.8) is 0 Å². The number of carbonyl (C=O) groups excluding carboxylic acids is 1. The van der Waals surface area contributed by atoms with Crippen LogP contribution in [0, 0.1) is 0 Å². The average molecular weight is 370 g/mol. The lowest BCUT2D eigenvalue weighted by Gasteiger charge is -2.20. The minimum atomic E-state index is 0.0637. The molecule has 0 saturated heterocycles. The standard InChI is InChI=1S/C20H20ClN3O2/c1-2-24(14-15-8-4-3-5-9-15)19(25)13-12-18-22-23-20(26-18)16-10-6-7-11-17(16)21/h3-11H,2,12-14H2,1H3. The summed E-state index contributed by atoms with van der Waals surface area (Å²) >= 11 is 6.14. The third-order valence-corrected chi connectivity index (χ3v) is 4.40. The molecule has 1 heterocycles. The number of halogens is 1. The van der Waals surface area contributed by atoms with Gasteiger partial charge in [-0.3, -0.25) is 4.79 Å². The van der Waals surface area contributed by atoms with Crippen LogP contribution >= 0.6 is 11.6 Å². The number of carbonyl (C=O) groups is 1. The number of hydrogen-bond acceptors (Lipinski definition) is 4. The molecule has 26 heavy (non-hydrogen) atoms. The largest absolute Gasteiger partial charge is 0.421 e. The van der Waals surface area contributed by atoms with Gasteiger partial charge in [-0.2, -0.15) is 0 Å². The fourth-order valence-corrected chi connectivity index (χ4v) is 2.87. The zero-order valence-electron chi connectivity index (χ0n) is 14.6. The Morgan fingerprint density at radius 2 is 1.81 bits per heavy atom. The van der Waals surface area contributed by atoms with Crippen molar-refractivity contribution in [3.05, 3.63) is 71.1 Å². The monoisotopic (exact) mass is 369 g/mol. The molecule has 0 atom stereocenters. The molecule has 0 radical (unpaired) electrons. The molecule has 0 aliphatic heterocycles. The molecule has 2 aromatic carbocycles. The molecule has 1 aromatic heterocycles. The van der Waals surface area contributed by atoms with Gasteiger partial charge in [0, 0.05) is 25.9 Å². The van der Waals surface area contributed by atoms with Crippen LogP contribution in [0.1, 0.15) is 24.8 Å². The maximum Gasteiger partial charge on any atom is 0.249 e. The Hall–Kier alpha value is -2.66. The highest BCUT2D eigenvalue weighted by Crippen LogP contribution is 2.26. The third-order valence-electron chi connectivity index (χ3n) is 4.07. The minimum Gasteiger partial charge on any atom is -0.421 e. The molecule has 0 unspecified atom stereocenters. The fourth-order valence-electron chi connectivity index (χ4n) is 2.65. The zero-order chi connectivity index (χ0) is 18.4. The number of hydrogen-bond donors (Lipinski definition) is 0. The van der Waals surface area contributed by atoms with Gasteiger partial charge >= 0.3 is 0 Å². The molecule has 0 aliphatic carbocycles. The van der Waals surface area contributed by atoms with Gasteiger partial charge < -0.3 is 9.32 Å². The fraction of sp³-hybridized carbons (Fsp3) is 0.250. The molecule has 0 saturated carbocycles. The first kappa shape index (κ1) is 18.1. The smallest absolute Gasteiger partial charge is 0.249 e. The van der Waals surface area contributed by atoms with E-state index in [2.05, 4.69) is 10.2 Å². The van der Waals surface area contributed by atoms with Crippen molar-refractivity contribution in [1.82, 2.24) is 15.1 Å². The van der Waals surface area contributed by atoms with Crippen molar-refractivity contribution >= 4 is 17.5 Å². The Morgan fingerprint density at radius 1 is 1.08 bits per heavy atom. The molecular formula is C20H20ClN3O2. The molecule has 1 amide bonds. The summed E-state index contributed by atoms with van der Waals surface area (Å²) in [5, 5.41) is 8.62. The van der Waals surface area contributed by atoms with Gasteiger partial charge in [-0.15, -0.1) is 10.2 Å². The first-order valence-corrected chi connectivity index (χ1v) is 8.94. The van der Waals surface area contributed by atoms with Gasteiger partial charge in [0.25, 0.3) is 0 Å². The first-order chi connectivity index (χ1) is 12.7. The summed E-state index contributed by atoms with van der Waals surface area (Å²) in [5.41, 5.74) is 1.81. The van der Waals surface area contributed by atoms with Crippen LogP contribution in [0.2, 0.25) is 5.02 Å². The zero-order valence-corrected chi connectivity index (χ0v) is 15.3. The Balaban J connectivity index is 1.60. The lowest BCUT2D eigenvalue weighted by molar-refractivity contribution is -0.131. The van der Waals surface area contributed by atoms with Gasteiger partial charge in [0.05, 0.1) is 10.6 Å². The normalized spacial score (nSPS) is 10.7. The molecular weight excluding hydrogens is 350 g/mol. The maximum absolute atomic E-state index is 12.5. The van der Waals surface area contributed by atoms with E-state index in [-0.39, 0.29) is 5.91 Å². The number of aromatic nitrogens is 2. The van der Waals surface area contributed by atoms with Crippen molar-refractivity contribution in [3.8, 4) is 11.5 Å². The number of nitrogens with zero attached hydrogens (tertiary/aromatic N) is 3. The average Bonchev–Trinajstić information content (AvgIpc) is 3.14. The van der Waals surface area contributed by atoms with E-state index in [9.17, 15) is 4.79 Å². The van der Waals surface area contributed by atoms with Crippen molar-refractivity contribution in [1.29, 1.82) is 0 Å². The van der Waals surface area contributed by atoms with E-state index < -0.39 is 0 Å². The summed E-state index contributed by atoms with van der Waals surface area (Å²) in [7, 11) is 0. The second kappa shape index (κ2) is 8.63. The van der Waals surface area contributed by atoms with E-state index in [4.69, 9.17) is 16.0 Å². The van der Waals surface area contributed by atoms with Crippen LogP contribution in [0.25, 0.3) is 11.5 Å². The van der Waals surface area contributed by atoms with Gasteiger partial charge in [0.15, 0.2) is 0 Å². The van der Waals surface area contributed by atoms with Crippen LogP contribution in [0.4, 0.5) is 0 Å². The molecule has 3 rings (SSSR count). The molecule has 0 spiro atoms. The number of amides is 1. The Bertz CT molecular complexity index is 864. The van der Waals surface area contributed by atoms with Crippen LogP contribution in [0.5, 0.6) is 0 Å². The van der Waals surface area contributed by atoms with Gasteiger partial charge in [-0.1, -0.05) is 54.1 Å². The Labute approximate surface area is 157 Å². The quantitative estimate of drug-likeness (QED) is 0.620. The van der Waals surface area contributed by atoms with Crippen LogP contribution < -0.4 is 0 Å². The minimum absolute atomic E-state index is 0.0637. The van der Waals surface area contributed by atoms with Gasteiger partial charge in [0.2, 0.25) is 17.7 Å². The van der Waals surface area contributed by atoms with E-state index in [0.717, 1.165) is 5.56 Å². The molecule has 0 aliphatic rings. The summed E-state index contributed by atoms with van der Waals surface area (Å²) in [5.74, 6) is 0.868. The molecule has 0 fully saturated rings. The summed E-state index contributed by atoms with van der Waals surface area (Å²) < 4.78 is 5.66. The third kappa shape index (κ3) is 4.49. The molecule has 0 N–H and O–H groups in total. The number of rotatable bonds is 7. The molecule has 0 bridgehead atoms. The lowest BCUT2D eigenvalue weighted by Crippen LogP contribution is -2.30. The number of benzene rings is 2. The summed E-state index contributed by atoms with van der Waals surface area (Å²) in [6.07, 6.45) is 0.729. The van der Waals surface area contributed by atoms with E-state index >= 15 is 0 Å².